The summed E-state index contributed by atoms with van der Waals surface area (Å²) in [5.74, 6) is 0.449. The normalized spacial score (nSPS) is 33.1. The molecular formula is C26H32N4O4. The summed E-state index contributed by atoms with van der Waals surface area (Å²) in [6.45, 7) is 3.31. The SMILES string of the molecule is CC1(C#N)CC(CN[C@@H]2CCCC[C@@H]2Oc2ccc3c(c2)CN([C@@H]2CCC(=O)NC2=O)C3=O)C1. The summed E-state index contributed by atoms with van der Waals surface area (Å²) in [6, 6.07) is 7.66. The Morgan fingerprint density at radius 1 is 1.21 bits per heavy atom. The van der Waals surface area contributed by atoms with E-state index in [1.54, 1.807) is 11.0 Å². The smallest absolute Gasteiger partial charge is 0.255 e. The molecule has 180 valence electrons. The van der Waals surface area contributed by atoms with Crippen LogP contribution in [0.15, 0.2) is 18.2 Å². The first-order valence-electron chi connectivity index (χ1n) is 12.4. The van der Waals surface area contributed by atoms with E-state index >= 15 is 0 Å². The van der Waals surface area contributed by atoms with Crippen molar-refractivity contribution in [3.63, 3.8) is 0 Å². The van der Waals surface area contributed by atoms with E-state index in [9.17, 15) is 19.6 Å². The Hall–Kier alpha value is -2.92. The molecule has 0 spiro atoms. The van der Waals surface area contributed by atoms with E-state index in [0.717, 1.165) is 50.0 Å². The van der Waals surface area contributed by atoms with E-state index < -0.39 is 11.9 Å². The average molecular weight is 465 g/mol. The number of carbonyl (C=O) groups excluding carboxylic acids is 3. The van der Waals surface area contributed by atoms with Gasteiger partial charge in [0.1, 0.15) is 17.9 Å². The molecule has 4 aliphatic rings. The van der Waals surface area contributed by atoms with Crippen molar-refractivity contribution in [2.75, 3.05) is 6.54 Å². The zero-order chi connectivity index (χ0) is 23.9. The van der Waals surface area contributed by atoms with Gasteiger partial charge in [0.05, 0.1) is 11.5 Å². The minimum atomic E-state index is -0.608. The monoisotopic (exact) mass is 464 g/mol. The molecule has 8 heteroatoms. The van der Waals surface area contributed by atoms with Crippen LogP contribution in [0.1, 0.15) is 74.2 Å². The molecule has 1 saturated heterocycles. The molecule has 1 aromatic carbocycles. The van der Waals surface area contributed by atoms with Crippen molar-refractivity contribution >= 4 is 17.7 Å². The maximum absolute atomic E-state index is 12.9. The van der Waals surface area contributed by atoms with E-state index in [4.69, 9.17) is 4.74 Å². The summed E-state index contributed by atoms with van der Waals surface area (Å²) in [7, 11) is 0. The van der Waals surface area contributed by atoms with E-state index in [-0.39, 0.29) is 35.8 Å². The highest BCUT2D eigenvalue weighted by Crippen LogP contribution is 2.44. The van der Waals surface area contributed by atoms with Crippen LogP contribution in [0.3, 0.4) is 0 Å². The molecule has 0 unspecified atom stereocenters. The number of amides is 3. The number of nitrogens with one attached hydrogen (secondary N) is 2. The van der Waals surface area contributed by atoms with Gasteiger partial charge in [-0.05, 0) is 81.7 Å². The fourth-order valence-corrected chi connectivity index (χ4v) is 6.04. The molecule has 3 fully saturated rings. The number of hydrogen-bond acceptors (Lipinski definition) is 6. The Labute approximate surface area is 200 Å². The quantitative estimate of drug-likeness (QED) is 0.626. The summed E-state index contributed by atoms with van der Waals surface area (Å²) in [6.07, 6.45) is 6.95. The van der Waals surface area contributed by atoms with Gasteiger partial charge < -0.3 is 15.0 Å². The number of imide groups is 1. The first-order valence-corrected chi connectivity index (χ1v) is 12.4. The number of ether oxygens (including phenoxy) is 1. The standard InChI is InChI=1S/C26H32N4O4/c1-26(15-27)11-16(12-26)13-28-20-4-2-3-5-22(20)34-18-6-7-19-17(10-18)14-30(25(19)33)21-8-9-23(31)29-24(21)32/h6-7,10,16,20-22,28H,2-5,8-9,11-14H2,1H3,(H,29,31,32)/t16?,20-,21-,22+,26?/m1/s1. The van der Waals surface area contributed by atoms with Gasteiger partial charge in [0, 0.05) is 24.6 Å². The predicted molar refractivity (Wildman–Crippen MR) is 124 cm³/mol. The Morgan fingerprint density at radius 3 is 2.76 bits per heavy atom. The van der Waals surface area contributed by atoms with E-state index in [2.05, 4.69) is 16.7 Å². The lowest BCUT2D eigenvalue weighted by molar-refractivity contribution is -0.136. The molecule has 2 aliphatic heterocycles. The summed E-state index contributed by atoms with van der Waals surface area (Å²) < 4.78 is 6.42. The average Bonchev–Trinajstić information content (AvgIpc) is 3.12. The van der Waals surface area contributed by atoms with Gasteiger partial charge in [0.25, 0.3) is 5.91 Å². The Bertz CT molecular complexity index is 1040. The first-order chi connectivity index (χ1) is 16.3. The van der Waals surface area contributed by atoms with Gasteiger partial charge in [0.15, 0.2) is 0 Å². The predicted octanol–water partition coefficient (Wildman–Crippen LogP) is 2.67. The Morgan fingerprint density at radius 2 is 2.00 bits per heavy atom. The zero-order valence-corrected chi connectivity index (χ0v) is 19.6. The molecule has 2 saturated carbocycles. The molecule has 0 radical (unpaired) electrons. The number of nitriles is 1. The largest absolute Gasteiger partial charge is 0.489 e. The summed E-state index contributed by atoms with van der Waals surface area (Å²) in [5, 5.41) is 15.3. The van der Waals surface area contributed by atoms with Gasteiger partial charge in [0.2, 0.25) is 11.8 Å². The molecule has 34 heavy (non-hydrogen) atoms. The molecule has 2 aliphatic carbocycles. The first kappa shape index (κ1) is 22.9. The van der Waals surface area contributed by atoms with E-state index in [1.165, 1.54) is 6.42 Å². The van der Waals surface area contributed by atoms with Crippen LogP contribution in [-0.2, 0) is 16.1 Å². The third-order valence-corrected chi connectivity index (χ3v) is 7.90. The van der Waals surface area contributed by atoms with Gasteiger partial charge >= 0.3 is 0 Å². The third-order valence-electron chi connectivity index (χ3n) is 7.90. The second-order valence-corrected chi connectivity index (χ2v) is 10.6. The number of benzene rings is 1. The number of hydrogen-bond donors (Lipinski definition) is 2. The second kappa shape index (κ2) is 9.03. The van der Waals surface area contributed by atoms with Gasteiger partial charge in [-0.25, -0.2) is 0 Å². The number of carbonyl (C=O) groups is 3. The summed E-state index contributed by atoms with van der Waals surface area (Å²) >= 11 is 0. The number of rotatable bonds is 6. The molecule has 1 aromatic rings. The van der Waals surface area contributed by atoms with E-state index in [1.807, 2.05) is 19.1 Å². The van der Waals surface area contributed by atoms with Gasteiger partial charge in [-0.15, -0.1) is 0 Å². The summed E-state index contributed by atoms with van der Waals surface area (Å²) in [5.41, 5.74) is 1.30. The minimum Gasteiger partial charge on any atom is -0.489 e. The summed E-state index contributed by atoms with van der Waals surface area (Å²) in [4.78, 5) is 38.2. The van der Waals surface area contributed by atoms with Crippen molar-refractivity contribution < 1.29 is 19.1 Å². The molecular weight excluding hydrogens is 432 g/mol. The fraction of sp³-hybridized carbons (Fsp3) is 0.615. The maximum Gasteiger partial charge on any atom is 0.255 e. The number of fused-ring (bicyclic) bond motifs is 1. The van der Waals surface area contributed by atoms with Crippen molar-refractivity contribution in [2.45, 2.75) is 83.0 Å². The second-order valence-electron chi connectivity index (χ2n) is 10.6. The van der Waals surface area contributed by atoms with Crippen LogP contribution in [-0.4, -0.2) is 47.4 Å². The lowest BCUT2D eigenvalue weighted by atomic mass is 9.64. The molecule has 3 amide bonds. The van der Waals surface area contributed by atoms with Crippen LogP contribution < -0.4 is 15.4 Å². The van der Waals surface area contributed by atoms with Crippen LogP contribution in [0.4, 0.5) is 0 Å². The molecule has 5 rings (SSSR count). The van der Waals surface area contributed by atoms with Crippen molar-refractivity contribution in [3.8, 4) is 11.8 Å². The molecule has 8 nitrogen and oxygen atoms in total. The highest BCUT2D eigenvalue weighted by atomic mass is 16.5. The van der Waals surface area contributed by atoms with Crippen molar-refractivity contribution in [1.82, 2.24) is 15.5 Å². The molecule has 2 heterocycles. The van der Waals surface area contributed by atoms with Gasteiger partial charge in [-0.1, -0.05) is 6.42 Å². The number of piperidine rings is 1. The zero-order valence-electron chi connectivity index (χ0n) is 19.6. The minimum absolute atomic E-state index is 0.0672. The lowest BCUT2D eigenvalue weighted by Crippen LogP contribution is -2.52. The van der Waals surface area contributed by atoms with Crippen molar-refractivity contribution in [2.24, 2.45) is 11.3 Å². The van der Waals surface area contributed by atoms with Crippen molar-refractivity contribution in [1.29, 1.82) is 5.26 Å². The molecule has 3 atom stereocenters. The van der Waals surface area contributed by atoms with Gasteiger partial charge in [-0.3, -0.25) is 19.7 Å². The fourth-order valence-electron chi connectivity index (χ4n) is 6.04. The Kier molecular flexibility index (Phi) is 6.07. The molecule has 2 N–H and O–H groups in total. The van der Waals surface area contributed by atoms with Crippen LogP contribution >= 0.6 is 0 Å². The maximum atomic E-state index is 12.9. The van der Waals surface area contributed by atoms with E-state index in [0.29, 0.717) is 24.4 Å². The third kappa shape index (κ3) is 4.41. The van der Waals surface area contributed by atoms with Crippen LogP contribution in [0.2, 0.25) is 0 Å². The van der Waals surface area contributed by atoms with Gasteiger partial charge in [-0.2, -0.15) is 5.26 Å². The molecule has 0 aromatic heterocycles. The Balaban J connectivity index is 1.21. The number of nitrogens with zero attached hydrogens (tertiary/aromatic N) is 2. The van der Waals surface area contributed by atoms with Crippen LogP contribution in [0.5, 0.6) is 5.75 Å². The highest BCUT2D eigenvalue weighted by molar-refractivity contribution is 6.05. The van der Waals surface area contributed by atoms with Crippen LogP contribution in [0, 0.1) is 22.7 Å². The van der Waals surface area contributed by atoms with Crippen LogP contribution in [0.25, 0.3) is 0 Å². The molecule has 0 bridgehead atoms. The lowest BCUT2D eigenvalue weighted by Gasteiger charge is -2.41. The highest BCUT2D eigenvalue weighted by Gasteiger charge is 2.41. The van der Waals surface area contributed by atoms with Crippen molar-refractivity contribution in [3.05, 3.63) is 29.3 Å². The topological polar surface area (TPSA) is 112 Å².